The summed E-state index contributed by atoms with van der Waals surface area (Å²) < 4.78 is 0. The largest absolute Gasteiger partial charge is 0.115 e. The Kier molecular flexibility index (Phi) is 5.17. The van der Waals surface area contributed by atoms with Gasteiger partial charge in [-0.05, 0) is 28.9 Å². The van der Waals surface area contributed by atoms with Crippen LogP contribution in [0, 0.1) is 12.3 Å². The fourth-order valence-corrected chi connectivity index (χ4v) is 6.60. The Morgan fingerprint density at radius 1 is 0.625 bits per heavy atom. The molecule has 0 amide bonds. The van der Waals surface area contributed by atoms with Gasteiger partial charge in [-0.15, -0.1) is 6.42 Å². The maximum absolute atomic E-state index is 5.43. The molecule has 0 unspecified atom stereocenters. The van der Waals surface area contributed by atoms with Crippen molar-refractivity contribution in [1.82, 2.24) is 0 Å². The summed E-state index contributed by atoms with van der Waals surface area (Å²) in [7, 11) is 0. The molecule has 24 heavy (non-hydrogen) atoms. The SMILES string of the molecule is C#C/C=C/C=P(c1ccccc1)(c1ccccc1)c1ccccc1. The standard InChI is InChI=1S/C23H19P/c1-2-3-13-20-24(21-14-7-4-8-15-21,22-16-9-5-10-17-22)23-18-11-6-12-19-23/h1,3-20H/b13-3+. The number of benzene rings is 3. The molecule has 0 N–H and O–H groups in total. The van der Waals surface area contributed by atoms with E-state index in [1.54, 1.807) is 6.08 Å². The summed E-state index contributed by atoms with van der Waals surface area (Å²) in [4.78, 5) is 0. The van der Waals surface area contributed by atoms with Crippen molar-refractivity contribution in [3.8, 4) is 12.3 Å². The highest BCUT2D eigenvalue weighted by Gasteiger charge is 2.23. The van der Waals surface area contributed by atoms with Gasteiger partial charge in [0.05, 0.1) is 0 Å². The molecule has 0 heterocycles. The first-order chi connectivity index (χ1) is 11.9. The third kappa shape index (κ3) is 3.13. The molecule has 116 valence electrons. The van der Waals surface area contributed by atoms with E-state index >= 15 is 0 Å². The zero-order valence-corrected chi connectivity index (χ0v) is 14.3. The quantitative estimate of drug-likeness (QED) is 0.503. The molecule has 0 aliphatic heterocycles. The molecule has 0 aliphatic carbocycles. The second-order valence-corrected chi connectivity index (χ2v) is 8.70. The van der Waals surface area contributed by atoms with Crippen LogP contribution in [0.4, 0.5) is 0 Å². The highest BCUT2D eigenvalue weighted by Crippen LogP contribution is 2.43. The summed E-state index contributed by atoms with van der Waals surface area (Å²) in [5, 5.41) is 3.97. The van der Waals surface area contributed by atoms with Crippen molar-refractivity contribution < 1.29 is 0 Å². The zero-order chi connectivity index (χ0) is 16.7. The van der Waals surface area contributed by atoms with E-state index in [1.165, 1.54) is 15.9 Å². The van der Waals surface area contributed by atoms with Crippen molar-refractivity contribution in [2.45, 2.75) is 0 Å². The Hall–Kier alpha value is -2.74. The number of rotatable bonds is 4. The average Bonchev–Trinajstić information content (AvgIpc) is 2.68. The summed E-state index contributed by atoms with van der Waals surface area (Å²) in [6, 6.07) is 32.1. The van der Waals surface area contributed by atoms with Gasteiger partial charge in [0.25, 0.3) is 0 Å². The summed E-state index contributed by atoms with van der Waals surface area (Å²) >= 11 is 0. The molecule has 0 fully saturated rings. The van der Waals surface area contributed by atoms with E-state index in [0.29, 0.717) is 0 Å². The van der Waals surface area contributed by atoms with Crippen molar-refractivity contribution in [2.24, 2.45) is 0 Å². The van der Waals surface area contributed by atoms with Crippen LogP contribution in [0.1, 0.15) is 0 Å². The van der Waals surface area contributed by atoms with Crippen LogP contribution in [0.3, 0.4) is 0 Å². The van der Waals surface area contributed by atoms with E-state index in [4.69, 9.17) is 6.42 Å². The van der Waals surface area contributed by atoms with Crippen LogP contribution in [0.2, 0.25) is 0 Å². The van der Waals surface area contributed by atoms with E-state index in [-0.39, 0.29) is 0 Å². The van der Waals surface area contributed by atoms with Gasteiger partial charge in [-0.1, -0.05) is 109 Å². The lowest BCUT2D eigenvalue weighted by molar-refractivity contribution is 1.73. The summed E-state index contributed by atoms with van der Waals surface area (Å²) in [6.07, 6.45) is 9.21. The fraction of sp³-hybridized carbons (Fsp3) is 0. The van der Waals surface area contributed by atoms with Crippen molar-refractivity contribution >= 4 is 28.6 Å². The third-order valence-corrected chi connectivity index (χ3v) is 7.95. The lowest BCUT2D eigenvalue weighted by Crippen LogP contribution is -2.26. The zero-order valence-electron chi connectivity index (χ0n) is 13.4. The van der Waals surface area contributed by atoms with E-state index in [9.17, 15) is 0 Å². The predicted octanol–water partition coefficient (Wildman–Crippen LogP) is 3.97. The van der Waals surface area contributed by atoms with Crippen LogP contribution in [0.25, 0.3) is 0 Å². The topological polar surface area (TPSA) is 0 Å². The second kappa shape index (κ2) is 7.69. The van der Waals surface area contributed by atoms with Crippen molar-refractivity contribution in [3.05, 3.63) is 103 Å². The van der Waals surface area contributed by atoms with E-state index in [0.717, 1.165) is 0 Å². The number of terminal acetylenes is 1. The molecule has 0 aliphatic rings. The van der Waals surface area contributed by atoms with Gasteiger partial charge in [0.2, 0.25) is 0 Å². The molecule has 0 saturated heterocycles. The van der Waals surface area contributed by atoms with Crippen molar-refractivity contribution in [3.63, 3.8) is 0 Å². The number of allylic oxidation sites excluding steroid dienone is 2. The van der Waals surface area contributed by atoms with Gasteiger partial charge in [0.1, 0.15) is 0 Å². The molecule has 0 bridgehead atoms. The van der Waals surface area contributed by atoms with Crippen LogP contribution < -0.4 is 15.9 Å². The van der Waals surface area contributed by atoms with E-state index in [2.05, 4.69) is 103 Å². The van der Waals surface area contributed by atoms with Gasteiger partial charge in [-0.2, -0.15) is 0 Å². The first kappa shape index (κ1) is 16.1. The third-order valence-electron chi connectivity index (χ3n) is 3.99. The summed E-state index contributed by atoms with van der Waals surface area (Å²) in [5.41, 5.74) is 0. The monoisotopic (exact) mass is 326 g/mol. The minimum atomic E-state index is -1.89. The van der Waals surface area contributed by atoms with Gasteiger partial charge in [0.15, 0.2) is 0 Å². The second-order valence-electron chi connectivity index (χ2n) is 5.40. The van der Waals surface area contributed by atoms with Gasteiger partial charge in [-0.3, -0.25) is 0 Å². The molecule has 0 spiro atoms. The van der Waals surface area contributed by atoms with Gasteiger partial charge < -0.3 is 0 Å². The lowest BCUT2D eigenvalue weighted by Gasteiger charge is -2.28. The Labute approximate surface area is 144 Å². The molecule has 0 nitrogen and oxygen atoms in total. The van der Waals surface area contributed by atoms with Gasteiger partial charge in [0, 0.05) is 0 Å². The smallest absolute Gasteiger partial charge is 0.0121 e. The molecular weight excluding hydrogens is 307 g/mol. The molecule has 3 aromatic rings. The van der Waals surface area contributed by atoms with Crippen LogP contribution in [-0.4, -0.2) is 5.80 Å². The minimum Gasteiger partial charge on any atom is -0.115 e. The fourth-order valence-electron chi connectivity index (χ4n) is 2.92. The molecule has 0 atom stereocenters. The first-order valence-corrected chi connectivity index (χ1v) is 9.76. The van der Waals surface area contributed by atoms with Gasteiger partial charge in [-0.25, -0.2) is 0 Å². The van der Waals surface area contributed by atoms with E-state index < -0.39 is 6.89 Å². The average molecular weight is 326 g/mol. The minimum absolute atomic E-state index is 1.32. The molecule has 1 heteroatoms. The van der Waals surface area contributed by atoms with Crippen molar-refractivity contribution in [2.75, 3.05) is 0 Å². The Balaban J connectivity index is 2.40. The maximum Gasteiger partial charge on any atom is -0.0121 e. The summed E-state index contributed by atoms with van der Waals surface area (Å²) in [6.45, 7) is -1.89. The normalized spacial score (nSPS) is 11.1. The number of hydrogen-bond acceptors (Lipinski definition) is 0. The van der Waals surface area contributed by atoms with Crippen LogP contribution >= 0.6 is 6.89 Å². The first-order valence-electron chi connectivity index (χ1n) is 7.91. The number of hydrogen-bond donors (Lipinski definition) is 0. The Morgan fingerprint density at radius 3 is 1.33 bits per heavy atom. The van der Waals surface area contributed by atoms with Crippen LogP contribution in [-0.2, 0) is 0 Å². The lowest BCUT2D eigenvalue weighted by atomic mass is 10.4. The highest BCUT2D eigenvalue weighted by molar-refractivity contribution is 7.94. The molecular formula is C23H19P. The van der Waals surface area contributed by atoms with Crippen molar-refractivity contribution in [1.29, 1.82) is 0 Å². The van der Waals surface area contributed by atoms with E-state index in [1.807, 2.05) is 6.08 Å². The molecule has 3 rings (SSSR count). The van der Waals surface area contributed by atoms with Crippen LogP contribution in [0.5, 0.6) is 0 Å². The molecule has 3 aromatic carbocycles. The predicted molar refractivity (Wildman–Crippen MR) is 109 cm³/mol. The Bertz CT molecular complexity index is 795. The molecule has 0 aromatic heterocycles. The highest BCUT2D eigenvalue weighted by atomic mass is 31.2. The van der Waals surface area contributed by atoms with Crippen LogP contribution in [0.15, 0.2) is 103 Å². The Morgan fingerprint density at radius 2 is 1.00 bits per heavy atom. The molecule has 0 radical (unpaired) electrons. The molecule has 0 saturated carbocycles. The maximum atomic E-state index is 5.43. The summed E-state index contributed by atoms with van der Waals surface area (Å²) in [5.74, 6) is 4.90. The van der Waals surface area contributed by atoms with Gasteiger partial charge >= 0.3 is 0 Å².